The van der Waals surface area contributed by atoms with Crippen molar-refractivity contribution in [1.82, 2.24) is 15.0 Å². The number of halogens is 2. The quantitative estimate of drug-likeness (QED) is 0.352. The number of rotatable bonds is 5. The molecule has 1 N–H and O–H groups in total. The van der Waals surface area contributed by atoms with Crippen molar-refractivity contribution in [2.45, 2.75) is 6.54 Å². The highest BCUT2D eigenvalue weighted by atomic mass is 35.5. The van der Waals surface area contributed by atoms with Crippen LogP contribution < -0.4 is 5.32 Å². The van der Waals surface area contributed by atoms with Gasteiger partial charge in [0.1, 0.15) is 5.82 Å². The van der Waals surface area contributed by atoms with Gasteiger partial charge in [-0.3, -0.25) is 15.1 Å². The number of nitrogens with zero attached hydrogens (tertiary/aromatic N) is 4. The lowest BCUT2D eigenvalue weighted by atomic mass is 10.1. The van der Waals surface area contributed by atoms with Gasteiger partial charge in [-0.15, -0.1) is 24.8 Å². The number of nitrogens with one attached hydrogen (secondary N) is 1. The van der Waals surface area contributed by atoms with Crippen LogP contribution in [0.5, 0.6) is 0 Å². The van der Waals surface area contributed by atoms with Crippen molar-refractivity contribution >= 4 is 47.2 Å². The summed E-state index contributed by atoms with van der Waals surface area (Å²) in [5.74, 6) is 1.06. The molecule has 0 atom stereocenters. The van der Waals surface area contributed by atoms with Gasteiger partial charge in [0.15, 0.2) is 5.82 Å². The zero-order valence-corrected chi connectivity index (χ0v) is 16.7. The van der Waals surface area contributed by atoms with Gasteiger partial charge in [0.05, 0.1) is 10.4 Å². The third-order valence-corrected chi connectivity index (χ3v) is 4.11. The molecule has 0 radical (unpaired) electrons. The fourth-order valence-corrected chi connectivity index (χ4v) is 2.77. The number of aromatic nitrogens is 3. The number of pyridine rings is 1. The van der Waals surface area contributed by atoms with E-state index in [1.807, 2.05) is 42.5 Å². The standard InChI is InChI=1S/C20H15N5O2.2ClH/c26-25(27)16-8-9-18-17(11-16)20(22-12-14-5-2-1-3-6-14)24-19(23-18)15-7-4-10-21-13-15;;/h1-11,13H,12H2,(H,22,23,24);2*1H. The molecular formula is C20H17Cl2N5O2. The van der Waals surface area contributed by atoms with E-state index in [1.165, 1.54) is 12.1 Å². The van der Waals surface area contributed by atoms with Crippen molar-refractivity contribution in [2.24, 2.45) is 0 Å². The van der Waals surface area contributed by atoms with Crippen LogP contribution >= 0.6 is 24.8 Å². The molecule has 0 aliphatic heterocycles. The van der Waals surface area contributed by atoms with E-state index < -0.39 is 4.92 Å². The number of nitro benzene ring substituents is 1. The number of benzene rings is 2. The summed E-state index contributed by atoms with van der Waals surface area (Å²) in [6.45, 7) is 0.544. The van der Waals surface area contributed by atoms with Crippen LogP contribution in [0.1, 0.15) is 5.56 Å². The molecule has 148 valence electrons. The highest BCUT2D eigenvalue weighted by Gasteiger charge is 2.14. The molecule has 7 nitrogen and oxygen atoms in total. The van der Waals surface area contributed by atoms with Crippen LogP contribution in [0.2, 0.25) is 0 Å². The minimum Gasteiger partial charge on any atom is -0.365 e. The number of anilines is 1. The van der Waals surface area contributed by atoms with Crippen LogP contribution in [0.15, 0.2) is 73.1 Å². The maximum Gasteiger partial charge on any atom is 0.270 e. The second kappa shape index (κ2) is 9.77. The summed E-state index contributed by atoms with van der Waals surface area (Å²) in [7, 11) is 0. The molecule has 0 aliphatic rings. The molecule has 2 heterocycles. The van der Waals surface area contributed by atoms with Gasteiger partial charge in [-0.25, -0.2) is 9.97 Å². The highest BCUT2D eigenvalue weighted by Crippen LogP contribution is 2.28. The normalized spacial score (nSPS) is 9.93. The molecule has 0 aliphatic carbocycles. The molecule has 0 amide bonds. The Morgan fingerprint density at radius 2 is 1.76 bits per heavy atom. The van der Waals surface area contributed by atoms with Gasteiger partial charge >= 0.3 is 0 Å². The maximum absolute atomic E-state index is 11.2. The van der Waals surface area contributed by atoms with Gasteiger partial charge in [0, 0.05) is 42.0 Å². The van der Waals surface area contributed by atoms with Crippen molar-refractivity contribution in [2.75, 3.05) is 5.32 Å². The zero-order chi connectivity index (χ0) is 18.6. The lowest BCUT2D eigenvalue weighted by Gasteiger charge is -2.11. The van der Waals surface area contributed by atoms with Gasteiger partial charge in [0.25, 0.3) is 5.69 Å². The lowest BCUT2D eigenvalue weighted by Crippen LogP contribution is -2.04. The van der Waals surface area contributed by atoms with E-state index in [0.717, 1.165) is 11.1 Å². The Hall–Kier alpha value is -3.29. The van der Waals surface area contributed by atoms with E-state index in [9.17, 15) is 10.1 Å². The Morgan fingerprint density at radius 3 is 2.45 bits per heavy atom. The zero-order valence-electron chi connectivity index (χ0n) is 15.1. The third-order valence-electron chi connectivity index (χ3n) is 4.11. The molecular weight excluding hydrogens is 413 g/mol. The second-order valence-electron chi connectivity index (χ2n) is 5.94. The van der Waals surface area contributed by atoms with Crippen LogP contribution in [-0.4, -0.2) is 19.9 Å². The second-order valence-corrected chi connectivity index (χ2v) is 5.94. The summed E-state index contributed by atoms with van der Waals surface area (Å²) in [5, 5.41) is 15.1. The molecule has 0 bridgehead atoms. The van der Waals surface area contributed by atoms with Crippen molar-refractivity contribution in [3.8, 4) is 11.4 Å². The summed E-state index contributed by atoms with van der Waals surface area (Å²) >= 11 is 0. The number of hydrogen-bond acceptors (Lipinski definition) is 6. The van der Waals surface area contributed by atoms with E-state index in [4.69, 9.17) is 0 Å². The molecule has 4 rings (SSSR count). The summed E-state index contributed by atoms with van der Waals surface area (Å²) in [5.41, 5.74) is 2.49. The van der Waals surface area contributed by atoms with Crippen LogP contribution in [0.25, 0.3) is 22.3 Å². The molecule has 0 unspecified atom stereocenters. The first-order valence-electron chi connectivity index (χ1n) is 8.35. The fraction of sp³-hybridized carbons (Fsp3) is 0.0500. The molecule has 29 heavy (non-hydrogen) atoms. The number of non-ortho nitro benzene ring substituents is 1. The van der Waals surface area contributed by atoms with E-state index in [0.29, 0.717) is 29.1 Å². The maximum atomic E-state index is 11.2. The van der Waals surface area contributed by atoms with Crippen molar-refractivity contribution in [3.05, 3.63) is 88.7 Å². The Bertz CT molecular complexity index is 1110. The molecule has 0 spiro atoms. The Labute approximate surface area is 179 Å². The smallest absolute Gasteiger partial charge is 0.270 e. The van der Waals surface area contributed by atoms with Crippen LogP contribution in [-0.2, 0) is 6.54 Å². The topological polar surface area (TPSA) is 93.8 Å². The van der Waals surface area contributed by atoms with Crippen molar-refractivity contribution in [1.29, 1.82) is 0 Å². The Morgan fingerprint density at radius 1 is 0.966 bits per heavy atom. The monoisotopic (exact) mass is 429 g/mol. The highest BCUT2D eigenvalue weighted by molar-refractivity contribution is 5.92. The summed E-state index contributed by atoms with van der Waals surface area (Å²) in [6, 6.07) is 18.1. The molecule has 4 aromatic rings. The number of hydrogen-bond donors (Lipinski definition) is 1. The van der Waals surface area contributed by atoms with E-state index in [1.54, 1.807) is 18.5 Å². The first-order valence-corrected chi connectivity index (χ1v) is 8.35. The van der Waals surface area contributed by atoms with Crippen molar-refractivity contribution in [3.63, 3.8) is 0 Å². The third kappa shape index (κ3) is 4.96. The predicted octanol–water partition coefficient (Wildman–Crippen LogP) is 5.06. The Balaban J connectivity index is 0.00000150. The Kier molecular flexibility index (Phi) is 7.41. The predicted molar refractivity (Wildman–Crippen MR) is 118 cm³/mol. The molecule has 9 heteroatoms. The average Bonchev–Trinajstić information content (AvgIpc) is 2.72. The molecule has 0 saturated heterocycles. The lowest BCUT2D eigenvalue weighted by molar-refractivity contribution is -0.384. The molecule has 0 saturated carbocycles. The summed E-state index contributed by atoms with van der Waals surface area (Å²) in [4.78, 5) is 24.0. The van der Waals surface area contributed by atoms with E-state index in [2.05, 4.69) is 20.3 Å². The van der Waals surface area contributed by atoms with Gasteiger partial charge < -0.3 is 5.32 Å². The average molecular weight is 430 g/mol. The minimum atomic E-state index is -0.421. The summed E-state index contributed by atoms with van der Waals surface area (Å²) < 4.78 is 0. The fourth-order valence-electron chi connectivity index (χ4n) is 2.77. The van der Waals surface area contributed by atoms with E-state index >= 15 is 0 Å². The van der Waals surface area contributed by atoms with Gasteiger partial charge in [-0.2, -0.15) is 0 Å². The van der Waals surface area contributed by atoms with Crippen LogP contribution in [0.4, 0.5) is 11.5 Å². The number of fused-ring (bicyclic) bond motifs is 1. The van der Waals surface area contributed by atoms with Gasteiger partial charge in [-0.05, 0) is 23.8 Å². The van der Waals surface area contributed by atoms with Crippen molar-refractivity contribution < 1.29 is 4.92 Å². The SMILES string of the molecule is Cl.Cl.O=[N+]([O-])c1ccc2nc(-c3cccnc3)nc(NCc3ccccc3)c2c1. The molecule has 0 fully saturated rings. The molecule has 2 aromatic carbocycles. The largest absolute Gasteiger partial charge is 0.365 e. The number of nitro groups is 1. The van der Waals surface area contributed by atoms with Crippen LogP contribution in [0, 0.1) is 10.1 Å². The first-order chi connectivity index (χ1) is 13.2. The van der Waals surface area contributed by atoms with Gasteiger partial charge in [-0.1, -0.05) is 30.3 Å². The first kappa shape index (κ1) is 22.0. The minimum absolute atomic E-state index is 0. The molecule has 2 aromatic heterocycles. The van der Waals surface area contributed by atoms with Gasteiger partial charge in [0.2, 0.25) is 0 Å². The summed E-state index contributed by atoms with van der Waals surface area (Å²) in [6.07, 6.45) is 3.37. The van der Waals surface area contributed by atoms with Crippen LogP contribution in [0.3, 0.4) is 0 Å². The van der Waals surface area contributed by atoms with E-state index in [-0.39, 0.29) is 30.5 Å².